The van der Waals surface area contributed by atoms with Crippen molar-refractivity contribution in [1.82, 2.24) is 9.97 Å². The molecule has 0 radical (unpaired) electrons. The van der Waals surface area contributed by atoms with Crippen molar-refractivity contribution in [1.29, 1.82) is 0 Å². The minimum absolute atomic E-state index is 0.0611. The lowest BCUT2D eigenvalue weighted by Gasteiger charge is -2.37. The zero-order chi connectivity index (χ0) is 22.0. The van der Waals surface area contributed by atoms with Crippen molar-refractivity contribution in [3.05, 3.63) is 76.1 Å². The Morgan fingerprint density at radius 3 is 2.29 bits per heavy atom. The molecule has 2 heterocycles. The van der Waals surface area contributed by atoms with E-state index in [1.165, 1.54) is 23.1 Å². The lowest BCUT2D eigenvalue weighted by atomic mass is 10.1. The minimum atomic E-state index is -0.374. The Kier molecular flexibility index (Phi) is 5.70. The number of hydrogen-bond donors (Lipinski definition) is 0. The van der Waals surface area contributed by atoms with Crippen LogP contribution in [0.4, 0.5) is 28.7 Å². The molecule has 0 unspecified atom stereocenters. The molecule has 1 fully saturated rings. The number of rotatable bonds is 5. The van der Waals surface area contributed by atoms with Crippen LogP contribution >= 0.6 is 0 Å². The highest BCUT2D eigenvalue weighted by molar-refractivity contribution is 5.76. The second-order valence-corrected chi connectivity index (χ2v) is 7.71. The van der Waals surface area contributed by atoms with Crippen molar-refractivity contribution in [2.45, 2.75) is 13.8 Å². The van der Waals surface area contributed by atoms with E-state index in [0.29, 0.717) is 18.9 Å². The molecule has 31 heavy (non-hydrogen) atoms. The van der Waals surface area contributed by atoms with Crippen LogP contribution in [0.1, 0.15) is 11.1 Å². The highest BCUT2D eigenvalue weighted by atomic mass is 16.6. The maximum atomic E-state index is 12.1. The number of nitro groups is 1. The van der Waals surface area contributed by atoms with E-state index in [4.69, 9.17) is 0 Å². The molecule has 160 valence electrons. The van der Waals surface area contributed by atoms with Crippen LogP contribution in [0.25, 0.3) is 0 Å². The summed E-state index contributed by atoms with van der Waals surface area (Å²) in [6.07, 6.45) is 1.41. The molecule has 8 heteroatoms. The largest absolute Gasteiger partial charge is 0.368 e. The van der Waals surface area contributed by atoms with E-state index in [0.717, 1.165) is 18.8 Å². The van der Waals surface area contributed by atoms with Gasteiger partial charge in [-0.05, 0) is 43.2 Å². The zero-order valence-electron chi connectivity index (χ0n) is 18.0. The Balaban J connectivity index is 1.61. The van der Waals surface area contributed by atoms with Crippen LogP contribution in [0.3, 0.4) is 0 Å². The monoisotopic (exact) mass is 418 g/mol. The molecule has 2 aromatic carbocycles. The standard InChI is InChI=1S/C23H26N6O2/c1-17-8-7-11-20(18(17)2)27-12-14-28(15-13-27)23-21(29(30)31)22(24-16-25-23)26(3)19-9-5-4-6-10-19/h4-11,16H,12-15H2,1-3H3. The van der Waals surface area contributed by atoms with Crippen molar-refractivity contribution >= 4 is 28.7 Å². The lowest BCUT2D eigenvalue weighted by Crippen LogP contribution is -2.47. The Morgan fingerprint density at radius 2 is 1.61 bits per heavy atom. The summed E-state index contributed by atoms with van der Waals surface area (Å²) >= 11 is 0. The maximum Gasteiger partial charge on any atom is 0.353 e. The van der Waals surface area contributed by atoms with Crippen LogP contribution in [0.15, 0.2) is 54.9 Å². The van der Waals surface area contributed by atoms with Crippen LogP contribution in [-0.2, 0) is 0 Å². The van der Waals surface area contributed by atoms with Crippen LogP contribution in [-0.4, -0.2) is 48.1 Å². The molecular formula is C23H26N6O2. The third kappa shape index (κ3) is 4.01. The van der Waals surface area contributed by atoms with Crippen LogP contribution in [0.5, 0.6) is 0 Å². The van der Waals surface area contributed by atoms with E-state index in [1.54, 1.807) is 11.9 Å². The van der Waals surface area contributed by atoms with E-state index in [2.05, 4.69) is 46.9 Å². The summed E-state index contributed by atoms with van der Waals surface area (Å²) in [5, 5.41) is 12.1. The average Bonchev–Trinajstić information content (AvgIpc) is 2.80. The fourth-order valence-electron chi connectivity index (χ4n) is 4.01. The highest BCUT2D eigenvalue weighted by Gasteiger charge is 2.31. The van der Waals surface area contributed by atoms with Gasteiger partial charge in [0.25, 0.3) is 0 Å². The summed E-state index contributed by atoms with van der Waals surface area (Å²) in [6.45, 7) is 7.10. The fraction of sp³-hybridized carbons (Fsp3) is 0.304. The summed E-state index contributed by atoms with van der Waals surface area (Å²) in [5.74, 6) is 0.663. The number of anilines is 4. The SMILES string of the molecule is Cc1cccc(N2CCN(c3ncnc(N(C)c4ccccc4)c3[N+](=O)[O-])CC2)c1C. The highest BCUT2D eigenvalue weighted by Crippen LogP contribution is 2.37. The third-order valence-electron chi connectivity index (χ3n) is 5.92. The molecule has 0 amide bonds. The molecule has 1 aliphatic heterocycles. The van der Waals surface area contributed by atoms with Gasteiger partial charge in [0.2, 0.25) is 11.6 Å². The first-order valence-electron chi connectivity index (χ1n) is 10.3. The topological polar surface area (TPSA) is 78.6 Å². The van der Waals surface area contributed by atoms with Gasteiger partial charge in [-0.3, -0.25) is 10.1 Å². The Hall–Kier alpha value is -3.68. The number of para-hydroxylation sites is 1. The van der Waals surface area contributed by atoms with Crippen LogP contribution in [0.2, 0.25) is 0 Å². The van der Waals surface area contributed by atoms with Gasteiger partial charge in [0.05, 0.1) is 4.92 Å². The minimum Gasteiger partial charge on any atom is -0.368 e. The molecule has 0 aliphatic carbocycles. The van der Waals surface area contributed by atoms with Gasteiger partial charge in [-0.25, -0.2) is 9.97 Å². The van der Waals surface area contributed by atoms with E-state index >= 15 is 0 Å². The molecule has 0 atom stereocenters. The smallest absolute Gasteiger partial charge is 0.353 e. The second kappa shape index (κ2) is 8.59. The number of hydrogen-bond acceptors (Lipinski definition) is 7. The predicted molar refractivity (Wildman–Crippen MR) is 124 cm³/mol. The second-order valence-electron chi connectivity index (χ2n) is 7.71. The molecule has 4 rings (SSSR count). The van der Waals surface area contributed by atoms with E-state index in [1.807, 2.05) is 35.2 Å². The number of piperazine rings is 1. The van der Waals surface area contributed by atoms with Crippen LogP contribution in [0, 0.1) is 24.0 Å². The van der Waals surface area contributed by atoms with Gasteiger partial charge in [-0.2, -0.15) is 0 Å². The van der Waals surface area contributed by atoms with Gasteiger partial charge in [0, 0.05) is 44.6 Å². The zero-order valence-corrected chi connectivity index (χ0v) is 18.0. The molecule has 1 aliphatic rings. The summed E-state index contributed by atoms with van der Waals surface area (Å²) in [6, 6.07) is 15.8. The third-order valence-corrected chi connectivity index (χ3v) is 5.92. The molecule has 3 aromatic rings. The Morgan fingerprint density at radius 1 is 0.935 bits per heavy atom. The summed E-state index contributed by atoms with van der Waals surface area (Å²) in [7, 11) is 1.78. The van der Waals surface area contributed by atoms with Gasteiger partial charge < -0.3 is 14.7 Å². The molecule has 1 aromatic heterocycles. The van der Waals surface area contributed by atoms with E-state index in [-0.39, 0.29) is 16.4 Å². The van der Waals surface area contributed by atoms with Crippen molar-refractivity contribution < 1.29 is 4.92 Å². The first-order valence-corrected chi connectivity index (χ1v) is 10.3. The van der Waals surface area contributed by atoms with Gasteiger partial charge in [0.15, 0.2) is 0 Å². The van der Waals surface area contributed by atoms with Crippen molar-refractivity contribution in [3.63, 3.8) is 0 Å². The maximum absolute atomic E-state index is 12.1. The van der Waals surface area contributed by atoms with Gasteiger partial charge in [-0.1, -0.05) is 30.3 Å². The normalized spacial score (nSPS) is 13.9. The van der Waals surface area contributed by atoms with E-state index < -0.39 is 0 Å². The fourth-order valence-corrected chi connectivity index (χ4v) is 4.01. The van der Waals surface area contributed by atoms with Crippen molar-refractivity contribution in [3.8, 4) is 0 Å². The molecular weight excluding hydrogens is 392 g/mol. The molecule has 0 bridgehead atoms. The van der Waals surface area contributed by atoms with Gasteiger partial charge in [0.1, 0.15) is 6.33 Å². The molecule has 1 saturated heterocycles. The summed E-state index contributed by atoms with van der Waals surface area (Å²) in [5.41, 5.74) is 4.53. The number of nitrogens with zero attached hydrogens (tertiary/aromatic N) is 6. The summed E-state index contributed by atoms with van der Waals surface area (Å²) in [4.78, 5) is 26.3. The van der Waals surface area contributed by atoms with Crippen LogP contribution < -0.4 is 14.7 Å². The average molecular weight is 419 g/mol. The number of aryl methyl sites for hydroxylation is 1. The Bertz CT molecular complexity index is 1080. The molecule has 0 saturated carbocycles. The van der Waals surface area contributed by atoms with Crippen molar-refractivity contribution in [2.75, 3.05) is 47.9 Å². The lowest BCUT2D eigenvalue weighted by molar-refractivity contribution is -0.383. The molecule has 0 spiro atoms. The summed E-state index contributed by atoms with van der Waals surface area (Å²) < 4.78 is 0. The quantitative estimate of drug-likeness (QED) is 0.456. The van der Waals surface area contributed by atoms with Gasteiger partial charge >= 0.3 is 5.69 Å². The first-order chi connectivity index (χ1) is 15.0. The predicted octanol–water partition coefficient (Wildman–Crippen LogP) is 4.10. The van der Waals surface area contributed by atoms with Crippen molar-refractivity contribution in [2.24, 2.45) is 0 Å². The molecule has 8 nitrogen and oxygen atoms in total. The van der Waals surface area contributed by atoms with E-state index in [9.17, 15) is 10.1 Å². The number of benzene rings is 2. The number of aromatic nitrogens is 2. The van der Waals surface area contributed by atoms with Gasteiger partial charge in [-0.15, -0.1) is 0 Å². The Labute approximate surface area is 181 Å². The molecule has 0 N–H and O–H groups in total. The first kappa shape index (κ1) is 20.6.